The predicted octanol–water partition coefficient (Wildman–Crippen LogP) is 2.33. The van der Waals surface area contributed by atoms with Gasteiger partial charge in [0.1, 0.15) is 0 Å². The van der Waals surface area contributed by atoms with Crippen LogP contribution < -0.4 is 5.73 Å². The van der Waals surface area contributed by atoms with Crippen LogP contribution in [0.15, 0.2) is 4.52 Å². The molecule has 0 radical (unpaired) electrons. The van der Waals surface area contributed by atoms with E-state index in [9.17, 15) is 0 Å². The Bertz CT molecular complexity index is 328. The molecule has 0 saturated heterocycles. The van der Waals surface area contributed by atoms with E-state index in [2.05, 4.69) is 25.9 Å². The van der Waals surface area contributed by atoms with Gasteiger partial charge in [0, 0.05) is 11.5 Å². The quantitative estimate of drug-likeness (QED) is 0.760. The van der Waals surface area contributed by atoms with E-state index in [4.69, 9.17) is 10.3 Å². The van der Waals surface area contributed by atoms with Gasteiger partial charge in [0.15, 0.2) is 0 Å². The summed E-state index contributed by atoms with van der Waals surface area (Å²) in [5.41, 5.74) is 8.27. The molecule has 1 aliphatic rings. The standard InChI is InChI=1S/C10H16N2O/c1-4-6-8(12-13-9(6)11)7-5-10(7,2)3/h7H,4-5,11H2,1-3H3. The molecular formula is C10H16N2O. The minimum atomic E-state index is 0.396. The van der Waals surface area contributed by atoms with Gasteiger partial charge in [-0.25, -0.2) is 0 Å². The first-order chi connectivity index (χ1) is 6.06. The second-order valence-corrected chi connectivity index (χ2v) is 4.51. The van der Waals surface area contributed by atoms with Gasteiger partial charge in [-0.05, 0) is 18.3 Å². The van der Waals surface area contributed by atoms with Crippen LogP contribution in [0.3, 0.4) is 0 Å². The highest BCUT2D eigenvalue weighted by Gasteiger charge is 2.49. The number of nitrogens with zero attached hydrogens (tertiary/aromatic N) is 1. The van der Waals surface area contributed by atoms with Crippen molar-refractivity contribution >= 4 is 5.88 Å². The summed E-state index contributed by atoms with van der Waals surface area (Å²) in [5.74, 6) is 1.06. The first kappa shape index (κ1) is 8.60. The lowest BCUT2D eigenvalue weighted by Crippen LogP contribution is -1.95. The molecule has 1 aromatic heterocycles. The van der Waals surface area contributed by atoms with Gasteiger partial charge in [0.25, 0.3) is 0 Å². The highest BCUT2D eigenvalue weighted by molar-refractivity contribution is 5.43. The predicted molar refractivity (Wildman–Crippen MR) is 51.4 cm³/mol. The fourth-order valence-electron chi connectivity index (χ4n) is 1.90. The number of anilines is 1. The number of hydrogen-bond donors (Lipinski definition) is 1. The van der Waals surface area contributed by atoms with Gasteiger partial charge < -0.3 is 10.3 Å². The molecule has 3 heteroatoms. The molecule has 2 N–H and O–H groups in total. The molecule has 0 amide bonds. The maximum absolute atomic E-state index is 5.68. The van der Waals surface area contributed by atoms with Crippen LogP contribution in [0.5, 0.6) is 0 Å². The van der Waals surface area contributed by atoms with Gasteiger partial charge in [0.05, 0.1) is 5.69 Å². The largest absolute Gasteiger partial charge is 0.367 e. The van der Waals surface area contributed by atoms with Crippen molar-refractivity contribution in [2.24, 2.45) is 5.41 Å². The van der Waals surface area contributed by atoms with Crippen LogP contribution in [0.4, 0.5) is 5.88 Å². The van der Waals surface area contributed by atoms with Gasteiger partial charge in [-0.3, -0.25) is 0 Å². The zero-order valence-corrected chi connectivity index (χ0v) is 8.42. The lowest BCUT2D eigenvalue weighted by Gasteiger charge is -2.00. The Morgan fingerprint density at radius 2 is 2.23 bits per heavy atom. The molecule has 2 rings (SSSR count). The summed E-state index contributed by atoms with van der Waals surface area (Å²) in [5, 5.41) is 4.04. The minimum Gasteiger partial charge on any atom is -0.367 e. The molecule has 72 valence electrons. The summed E-state index contributed by atoms with van der Waals surface area (Å²) >= 11 is 0. The molecular weight excluding hydrogens is 164 g/mol. The van der Waals surface area contributed by atoms with E-state index in [1.54, 1.807) is 0 Å². The first-order valence-electron chi connectivity index (χ1n) is 4.80. The van der Waals surface area contributed by atoms with Gasteiger partial charge in [-0.15, -0.1) is 0 Å². The van der Waals surface area contributed by atoms with Crippen molar-refractivity contribution in [2.75, 3.05) is 5.73 Å². The van der Waals surface area contributed by atoms with E-state index < -0.39 is 0 Å². The Kier molecular flexibility index (Phi) is 1.65. The number of hydrogen-bond acceptors (Lipinski definition) is 3. The molecule has 0 aliphatic heterocycles. The molecule has 1 saturated carbocycles. The van der Waals surface area contributed by atoms with Crippen molar-refractivity contribution < 1.29 is 4.52 Å². The second kappa shape index (κ2) is 2.50. The summed E-state index contributed by atoms with van der Waals surface area (Å²) < 4.78 is 5.01. The monoisotopic (exact) mass is 180 g/mol. The Morgan fingerprint density at radius 3 is 2.69 bits per heavy atom. The third kappa shape index (κ3) is 1.23. The van der Waals surface area contributed by atoms with E-state index in [1.807, 2.05) is 0 Å². The topological polar surface area (TPSA) is 52.0 Å². The summed E-state index contributed by atoms with van der Waals surface area (Å²) in [4.78, 5) is 0. The van der Waals surface area contributed by atoms with E-state index in [1.165, 1.54) is 6.42 Å². The van der Waals surface area contributed by atoms with Gasteiger partial charge in [-0.2, -0.15) is 0 Å². The third-order valence-corrected chi connectivity index (χ3v) is 3.05. The van der Waals surface area contributed by atoms with Crippen LogP contribution in [0.2, 0.25) is 0 Å². The Balaban J connectivity index is 2.32. The molecule has 1 aliphatic carbocycles. The first-order valence-corrected chi connectivity index (χ1v) is 4.80. The lowest BCUT2D eigenvalue weighted by molar-refractivity contribution is 0.423. The number of nitrogen functional groups attached to an aromatic ring is 1. The fraction of sp³-hybridized carbons (Fsp3) is 0.700. The average Bonchev–Trinajstić information content (AvgIpc) is 2.55. The summed E-state index contributed by atoms with van der Waals surface area (Å²) in [6.07, 6.45) is 2.11. The van der Waals surface area contributed by atoms with Gasteiger partial charge in [0.2, 0.25) is 5.88 Å². The van der Waals surface area contributed by atoms with Crippen molar-refractivity contribution in [3.05, 3.63) is 11.3 Å². The summed E-state index contributed by atoms with van der Waals surface area (Å²) in [6.45, 7) is 6.59. The third-order valence-electron chi connectivity index (χ3n) is 3.05. The van der Waals surface area contributed by atoms with Crippen molar-refractivity contribution in [3.63, 3.8) is 0 Å². The molecule has 0 bridgehead atoms. The average molecular weight is 180 g/mol. The zero-order valence-electron chi connectivity index (χ0n) is 8.42. The maximum Gasteiger partial charge on any atom is 0.225 e. The number of rotatable bonds is 2. The van der Waals surface area contributed by atoms with Crippen LogP contribution >= 0.6 is 0 Å². The molecule has 1 atom stereocenters. The molecule has 0 aromatic carbocycles. The SMILES string of the molecule is CCc1c(C2CC2(C)C)noc1N. The fourth-order valence-corrected chi connectivity index (χ4v) is 1.90. The number of nitrogens with two attached hydrogens (primary N) is 1. The van der Waals surface area contributed by atoms with Crippen molar-refractivity contribution in [2.45, 2.75) is 39.5 Å². The Morgan fingerprint density at radius 1 is 1.62 bits per heavy atom. The number of aromatic nitrogens is 1. The molecule has 0 spiro atoms. The minimum absolute atomic E-state index is 0.396. The van der Waals surface area contributed by atoms with Gasteiger partial charge in [-0.1, -0.05) is 25.9 Å². The van der Waals surface area contributed by atoms with Crippen molar-refractivity contribution in [1.29, 1.82) is 0 Å². The van der Waals surface area contributed by atoms with Gasteiger partial charge >= 0.3 is 0 Å². The Hall–Kier alpha value is -0.990. The molecule has 3 nitrogen and oxygen atoms in total. The van der Waals surface area contributed by atoms with Crippen LogP contribution in [0, 0.1) is 5.41 Å². The van der Waals surface area contributed by atoms with Crippen molar-refractivity contribution in [1.82, 2.24) is 5.16 Å². The summed E-state index contributed by atoms with van der Waals surface area (Å²) in [7, 11) is 0. The maximum atomic E-state index is 5.68. The van der Waals surface area contributed by atoms with Crippen LogP contribution in [-0.4, -0.2) is 5.16 Å². The van der Waals surface area contributed by atoms with E-state index in [0.29, 0.717) is 17.2 Å². The smallest absolute Gasteiger partial charge is 0.225 e. The molecule has 1 unspecified atom stereocenters. The zero-order chi connectivity index (χ0) is 9.64. The normalized spacial score (nSPS) is 24.7. The highest BCUT2D eigenvalue weighted by atomic mass is 16.5. The summed E-state index contributed by atoms with van der Waals surface area (Å²) in [6, 6.07) is 0. The van der Waals surface area contributed by atoms with E-state index >= 15 is 0 Å². The lowest BCUT2D eigenvalue weighted by atomic mass is 10.0. The molecule has 1 fully saturated rings. The Labute approximate surface area is 78.3 Å². The molecule has 1 heterocycles. The highest BCUT2D eigenvalue weighted by Crippen LogP contribution is 2.59. The van der Waals surface area contributed by atoms with Crippen LogP contribution in [-0.2, 0) is 6.42 Å². The van der Waals surface area contributed by atoms with Crippen LogP contribution in [0.25, 0.3) is 0 Å². The van der Waals surface area contributed by atoms with E-state index in [0.717, 1.165) is 17.7 Å². The van der Waals surface area contributed by atoms with E-state index in [-0.39, 0.29) is 0 Å². The second-order valence-electron chi connectivity index (χ2n) is 4.51. The van der Waals surface area contributed by atoms with Crippen LogP contribution in [0.1, 0.15) is 44.4 Å². The van der Waals surface area contributed by atoms with Crippen molar-refractivity contribution in [3.8, 4) is 0 Å². The molecule has 1 aromatic rings. The molecule has 13 heavy (non-hydrogen) atoms.